The standard InChI is InChI=1S/C17H13N3/c1-13-6-5-9-16(10-13)20-17(11-15(12-18)19-20)14-7-3-2-4-8-14/h2-11H,1H3. The zero-order valence-corrected chi connectivity index (χ0v) is 11.1. The highest BCUT2D eigenvalue weighted by atomic mass is 15.3. The van der Waals surface area contributed by atoms with Crippen molar-refractivity contribution in [2.24, 2.45) is 0 Å². The third-order valence-corrected chi connectivity index (χ3v) is 3.14. The Morgan fingerprint density at radius 3 is 2.50 bits per heavy atom. The highest BCUT2D eigenvalue weighted by Gasteiger charge is 2.11. The number of aromatic nitrogens is 2. The van der Waals surface area contributed by atoms with Crippen molar-refractivity contribution in [2.45, 2.75) is 6.92 Å². The van der Waals surface area contributed by atoms with Gasteiger partial charge < -0.3 is 0 Å². The number of hydrogen-bond acceptors (Lipinski definition) is 2. The van der Waals surface area contributed by atoms with Crippen LogP contribution in [0.5, 0.6) is 0 Å². The number of nitriles is 1. The van der Waals surface area contributed by atoms with Crippen LogP contribution in [0.3, 0.4) is 0 Å². The smallest absolute Gasteiger partial charge is 0.163 e. The van der Waals surface area contributed by atoms with Crippen molar-refractivity contribution < 1.29 is 0 Å². The molecule has 3 nitrogen and oxygen atoms in total. The molecular formula is C17H13N3. The molecule has 0 unspecified atom stereocenters. The third kappa shape index (κ3) is 2.19. The summed E-state index contributed by atoms with van der Waals surface area (Å²) in [5.74, 6) is 0. The minimum Gasteiger partial charge on any atom is -0.232 e. The maximum absolute atomic E-state index is 9.10. The van der Waals surface area contributed by atoms with Crippen LogP contribution in [0.1, 0.15) is 11.3 Å². The molecule has 96 valence electrons. The summed E-state index contributed by atoms with van der Waals surface area (Å²) in [5, 5.41) is 13.5. The van der Waals surface area contributed by atoms with E-state index in [0.717, 1.165) is 22.5 Å². The molecular weight excluding hydrogens is 246 g/mol. The molecule has 0 aliphatic carbocycles. The summed E-state index contributed by atoms with van der Waals surface area (Å²) in [6.07, 6.45) is 0. The van der Waals surface area contributed by atoms with E-state index >= 15 is 0 Å². The highest BCUT2D eigenvalue weighted by molar-refractivity contribution is 5.63. The lowest BCUT2D eigenvalue weighted by Crippen LogP contribution is -1.99. The normalized spacial score (nSPS) is 10.2. The molecule has 0 spiro atoms. The molecule has 0 radical (unpaired) electrons. The van der Waals surface area contributed by atoms with Crippen LogP contribution in [0.25, 0.3) is 16.9 Å². The van der Waals surface area contributed by atoms with Crippen LogP contribution in [-0.2, 0) is 0 Å². The van der Waals surface area contributed by atoms with Crippen LogP contribution >= 0.6 is 0 Å². The van der Waals surface area contributed by atoms with Crippen molar-refractivity contribution in [3.8, 4) is 23.0 Å². The predicted octanol–water partition coefficient (Wildman–Crippen LogP) is 3.72. The third-order valence-electron chi connectivity index (χ3n) is 3.14. The molecule has 0 aliphatic heterocycles. The quantitative estimate of drug-likeness (QED) is 0.703. The largest absolute Gasteiger partial charge is 0.232 e. The van der Waals surface area contributed by atoms with Gasteiger partial charge in [-0.05, 0) is 24.6 Å². The van der Waals surface area contributed by atoms with Crippen molar-refractivity contribution in [3.05, 3.63) is 71.9 Å². The van der Waals surface area contributed by atoms with Gasteiger partial charge in [0.25, 0.3) is 0 Å². The Hall–Kier alpha value is -2.86. The van der Waals surface area contributed by atoms with Gasteiger partial charge in [-0.1, -0.05) is 42.5 Å². The van der Waals surface area contributed by atoms with Gasteiger partial charge in [-0.25, -0.2) is 4.68 Å². The maximum atomic E-state index is 9.10. The Labute approximate surface area is 117 Å². The van der Waals surface area contributed by atoms with Gasteiger partial charge in [0, 0.05) is 11.6 Å². The summed E-state index contributed by atoms with van der Waals surface area (Å²) < 4.78 is 1.82. The average molecular weight is 259 g/mol. The number of benzene rings is 2. The van der Waals surface area contributed by atoms with Crippen LogP contribution in [0.15, 0.2) is 60.7 Å². The number of hydrogen-bond donors (Lipinski definition) is 0. The lowest BCUT2D eigenvalue weighted by molar-refractivity contribution is 0.879. The molecule has 3 aromatic rings. The summed E-state index contributed by atoms with van der Waals surface area (Å²) >= 11 is 0. The van der Waals surface area contributed by atoms with E-state index in [-0.39, 0.29) is 0 Å². The van der Waals surface area contributed by atoms with Gasteiger partial charge in [0.15, 0.2) is 5.69 Å². The molecule has 0 amide bonds. The van der Waals surface area contributed by atoms with E-state index < -0.39 is 0 Å². The lowest BCUT2D eigenvalue weighted by atomic mass is 10.1. The summed E-state index contributed by atoms with van der Waals surface area (Å²) in [6, 6.07) is 22.0. The first-order valence-electron chi connectivity index (χ1n) is 6.40. The van der Waals surface area contributed by atoms with Crippen LogP contribution in [0.4, 0.5) is 0 Å². The molecule has 0 fully saturated rings. The Bertz CT molecular complexity index is 779. The van der Waals surface area contributed by atoms with Gasteiger partial charge in [0.05, 0.1) is 11.4 Å². The minimum absolute atomic E-state index is 0.422. The van der Waals surface area contributed by atoms with Gasteiger partial charge in [0.2, 0.25) is 0 Å². The number of rotatable bonds is 2. The predicted molar refractivity (Wildman–Crippen MR) is 78.5 cm³/mol. The molecule has 3 heteroatoms. The number of nitrogens with zero attached hydrogens (tertiary/aromatic N) is 3. The monoisotopic (exact) mass is 259 g/mol. The molecule has 1 heterocycles. The second-order valence-corrected chi connectivity index (χ2v) is 4.64. The van der Waals surface area contributed by atoms with E-state index in [2.05, 4.69) is 17.2 Å². The molecule has 0 N–H and O–H groups in total. The fourth-order valence-corrected chi connectivity index (χ4v) is 2.21. The molecule has 20 heavy (non-hydrogen) atoms. The Morgan fingerprint density at radius 2 is 1.80 bits per heavy atom. The Kier molecular flexibility index (Phi) is 3.06. The SMILES string of the molecule is Cc1cccc(-n2nc(C#N)cc2-c2ccccc2)c1. The average Bonchev–Trinajstić information content (AvgIpc) is 2.92. The summed E-state index contributed by atoms with van der Waals surface area (Å²) in [4.78, 5) is 0. The van der Waals surface area contributed by atoms with E-state index in [0.29, 0.717) is 5.69 Å². The van der Waals surface area contributed by atoms with Gasteiger partial charge in [-0.2, -0.15) is 10.4 Å². The molecule has 0 bridgehead atoms. The maximum Gasteiger partial charge on any atom is 0.163 e. The van der Waals surface area contributed by atoms with Gasteiger partial charge >= 0.3 is 0 Å². The molecule has 0 aliphatic rings. The van der Waals surface area contributed by atoms with Gasteiger partial charge in [0.1, 0.15) is 6.07 Å². The minimum atomic E-state index is 0.422. The van der Waals surface area contributed by atoms with Crippen molar-refractivity contribution in [1.82, 2.24) is 9.78 Å². The van der Waals surface area contributed by atoms with Crippen molar-refractivity contribution >= 4 is 0 Å². The fraction of sp³-hybridized carbons (Fsp3) is 0.0588. The molecule has 2 aromatic carbocycles. The zero-order chi connectivity index (χ0) is 13.9. The fourth-order valence-electron chi connectivity index (χ4n) is 2.21. The molecule has 0 saturated carbocycles. The van der Waals surface area contributed by atoms with Gasteiger partial charge in [-0.15, -0.1) is 0 Å². The first kappa shape index (κ1) is 12.2. The molecule has 1 aromatic heterocycles. The second kappa shape index (κ2) is 5.02. The van der Waals surface area contributed by atoms with Crippen molar-refractivity contribution in [1.29, 1.82) is 5.26 Å². The summed E-state index contributed by atoms with van der Waals surface area (Å²) in [6.45, 7) is 2.04. The zero-order valence-electron chi connectivity index (χ0n) is 11.1. The van der Waals surface area contributed by atoms with Gasteiger partial charge in [-0.3, -0.25) is 0 Å². The molecule has 0 atom stereocenters. The topological polar surface area (TPSA) is 41.6 Å². The number of aryl methyl sites for hydroxylation is 1. The van der Waals surface area contributed by atoms with Crippen LogP contribution in [0.2, 0.25) is 0 Å². The molecule has 0 saturated heterocycles. The lowest BCUT2D eigenvalue weighted by Gasteiger charge is -2.08. The first-order chi connectivity index (χ1) is 9.78. The van der Waals surface area contributed by atoms with E-state index in [4.69, 9.17) is 5.26 Å². The van der Waals surface area contributed by atoms with Crippen LogP contribution < -0.4 is 0 Å². The molecule has 3 rings (SSSR count). The van der Waals surface area contributed by atoms with Crippen LogP contribution in [-0.4, -0.2) is 9.78 Å². The van der Waals surface area contributed by atoms with E-state index in [1.165, 1.54) is 0 Å². The summed E-state index contributed by atoms with van der Waals surface area (Å²) in [7, 11) is 0. The van der Waals surface area contributed by atoms with E-state index in [1.807, 2.05) is 66.2 Å². The second-order valence-electron chi connectivity index (χ2n) is 4.64. The van der Waals surface area contributed by atoms with E-state index in [1.54, 1.807) is 0 Å². The summed E-state index contributed by atoms with van der Waals surface area (Å²) in [5.41, 5.74) is 4.52. The van der Waals surface area contributed by atoms with Crippen LogP contribution in [0, 0.1) is 18.3 Å². The first-order valence-corrected chi connectivity index (χ1v) is 6.40. The highest BCUT2D eigenvalue weighted by Crippen LogP contribution is 2.24. The van der Waals surface area contributed by atoms with Crippen molar-refractivity contribution in [3.63, 3.8) is 0 Å². The van der Waals surface area contributed by atoms with E-state index in [9.17, 15) is 0 Å². The van der Waals surface area contributed by atoms with Crippen molar-refractivity contribution in [2.75, 3.05) is 0 Å². The Balaban J connectivity index is 2.21. The Morgan fingerprint density at radius 1 is 1.00 bits per heavy atom.